The van der Waals surface area contributed by atoms with Crippen molar-refractivity contribution in [1.29, 1.82) is 0 Å². The number of halogens is 3. The number of Topliss-reactive ketones (excluding diaryl/α,β-unsaturated/α-hetero) is 1. The van der Waals surface area contributed by atoms with Crippen molar-refractivity contribution in [2.24, 2.45) is 0 Å². The fraction of sp³-hybridized carbons (Fsp3) is 0.111. The lowest BCUT2D eigenvalue weighted by atomic mass is 10.1. The summed E-state index contributed by atoms with van der Waals surface area (Å²) < 4.78 is 36.9. The van der Waals surface area contributed by atoms with E-state index in [9.17, 15) is 22.8 Å². The van der Waals surface area contributed by atoms with E-state index in [4.69, 9.17) is 0 Å². The van der Waals surface area contributed by atoms with Crippen LogP contribution in [-0.4, -0.2) is 17.7 Å². The fourth-order valence-corrected chi connectivity index (χ4v) is 0.860. The number of alkyl halides is 2. The molecule has 1 aromatic rings. The van der Waals surface area contributed by atoms with Gasteiger partial charge in [0, 0.05) is 5.56 Å². The van der Waals surface area contributed by atoms with E-state index in [0.717, 1.165) is 12.1 Å². The van der Waals surface area contributed by atoms with Crippen LogP contribution in [0.2, 0.25) is 0 Å². The van der Waals surface area contributed by atoms with Crippen LogP contribution in [0.1, 0.15) is 10.4 Å². The molecule has 0 spiro atoms. The smallest absolute Gasteiger partial charge is 0.287 e. The molecule has 0 unspecified atom stereocenters. The largest absolute Gasteiger partial charge is 0.397 e. The monoisotopic (exact) mass is 202 g/mol. The van der Waals surface area contributed by atoms with Crippen LogP contribution in [0.25, 0.3) is 0 Å². The third-order valence-electron chi connectivity index (χ3n) is 1.57. The minimum Gasteiger partial charge on any atom is -0.287 e. The lowest BCUT2D eigenvalue weighted by molar-refractivity contribution is -0.148. The number of carbonyl (C=O) groups excluding carboxylic acids is 2. The first-order valence-electron chi connectivity index (χ1n) is 3.64. The number of rotatable bonds is 3. The van der Waals surface area contributed by atoms with Crippen molar-refractivity contribution >= 4 is 11.8 Å². The molecule has 0 saturated carbocycles. The van der Waals surface area contributed by atoms with Crippen LogP contribution in [0, 0.1) is 0 Å². The van der Waals surface area contributed by atoms with Gasteiger partial charge in [-0.15, -0.1) is 0 Å². The molecule has 0 atom stereocenters. The Bertz CT molecular complexity index is 360. The molecule has 0 aliphatic heterocycles. The van der Waals surface area contributed by atoms with E-state index in [1.165, 1.54) is 18.2 Å². The first-order chi connectivity index (χ1) is 6.46. The van der Waals surface area contributed by atoms with Crippen LogP contribution in [0.15, 0.2) is 30.3 Å². The Kier molecular flexibility index (Phi) is 2.69. The minimum atomic E-state index is -4.58. The summed E-state index contributed by atoms with van der Waals surface area (Å²) in [6, 6.07) is 3.41. The predicted molar refractivity (Wildman–Crippen MR) is 41.8 cm³/mol. The van der Waals surface area contributed by atoms with E-state index in [0.29, 0.717) is 0 Å². The summed E-state index contributed by atoms with van der Waals surface area (Å²) in [7, 11) is 0. The lowest BCUT2D eigenvalue weighted by Gasteiger charge is -2.08. The van der Waals surface area contributed by atoms with Gasteiger partial charge in [-0.3, -0.25) is 9.59 Å². The number of hydrogen-bond acceptors (Lipinski definition) is 2. The minimum absolute atomic E-state index is 0.400. The second-order valence-electron chi connectivity index (χ2n) is 2.54. The molecule has 0 amide bonds. The van der Waals surface area contributed by atoms with Gasteiger partial charge >= 0.3 is 12.0 Å². The molecule has 0 radical (unpaired) electrons. The highest BCUT2D eigenvalue weighted by Crippen LogP contribution is 2.21. The van der Waals surface area contributed by atoms with Crippen molar-refractivity contribution in [2.75, 3.05) is 0 Å². The molecule has 0 saturated heterocycles. The van der Waals surface area contributed by atoms with Crippen LogP contribution in [0.3, 0.4) is 0 Å². The SMILES string of the molecule is O=C(F)C(F)(F)C(=O)c1ccccc1. The average Bonchev–Trinajstić information content (AvgIpc) is 2.17. The summed E-state index contributed by atoms with van der Waals surface area (Å²) in [5.74, 6) is -6.41. The molecule has 1 rings (SSSR count). The second-order valence-corrected chi connectivity index (χ2v) is 2.54. The topological polar surface area (TPSA) is 34.1 Å². The van der Waals surface area contributed by atoms with Crippen molar-refractivity contribution in [2.45, 2.75) is 5.92 Å². The number of ketones is 1. The maximum absolute atomic E-state index is 12.6. The summed E-state index contributed by atoms with van der Waals surface area (Å²) in [5.41, 5.74) is -0.400. The normalized spacial score (nSPS) is 11.1. The van der Waals surface area contributed by atoms with Crippen LogP contribution in [0.4, 0.5) is 13.2 Å². The summed E-state index contributed by atoms with van der Waals surface area (Å²) >= 11 is 0. The van der Waals surface area contributed by atoms with Gasteiger partial charge in [0.05, 0.1) is 0 Å². The Morgan fingerprint density at radius 2 is 1.57 bits per heavy atom. The second kappa shape index (κ2) is 3.61. The molecule has 74 valence electrons. The number of carbonyl (C=O) groups is 2. The summed E-state index contributed by atoms with van der Waals surface area (Å²) in [4.78, 5) is 20.7. The molecule has 0 bridgehead atoms. The first kappa shape index (κ1) is 10.4. The van der Waals surface area contributed by atoms with Crippen LogP contribution >= 0.6 is 0 Å². The molecule has 0 aromatic heterocycles. The highest BCUT2D eigenvalue weighted by Gasteiger charge is 2.48. The van der Waals surface area contributed by atoms with Gasteiger partial charge in [-0.25, -0.2) is 0 Å². The van der Waals surface area contributed by atoms with Crippen LogP contribution < -0.4 is 0 Å². The zero-order valence-corrected chi connectivity index (χ0v) is 6.84. The van der Waals surface area contributed by atoms with Crippen LogP contribution in [0.5, 0.6) is 0 Å². The summed E-state index contributed by atoms with van der Waals surface area (Å²) in [6.45, 7) is 0. The maximum Gasteiger partial charge on any atom is 0.397 e. The van der Waals surface area contributed by atoms with Gasteiger partial charge in [-0.1, -0.05) is 30.3 Å². The van der Waals surface area contributed by atoms with Gasteiger partial charge in [0.1, 0.15) is 0 Å². The Hall–Kier alpha value is -1.65. The summed E-state index contributed by atoms with van der Waals surface area (Å²) in [6.07, 6.45) is 0. The van der Waals surface area contributed by atoms with Gasteiger partial charge in [-0.2, -0.15) is 13.2 Å². The van der Waals surface area contributed by atoms with Gasteiger partial charge in [-0.05, 0) is 0 Å². The fourth-order valence-electron chi connectivity index (χ4n) is 0.860. The Labute approximate surface area is 77.3 Å². The molecule has 0 N–H and O–H groups in total. The van der Waals surface area contributed by atoms with E-state index in [1.807, 2.05) is 0 Å². The molecule has 1 aromatic carbocycles. The third-order valence-corrected chi connectivity index (χ3v) is 1.57. The molecule has 2 nitrogen and oxygen atoms in total. The highest BCUT2D eigenvalue weighted by molar-refractivity contribution is 6.13. The number of benzene rings is 1. The van der Waals surface area contributed by atoms with Crippen molar-refractivity contribution in [3.8, 4) is 0 Å². The van der Waals surface area contributed by atoms with Gasteiger partial charge in [0.25, 0.3) is 0 Å². The predicted octanol–water partition coefficient (Wildman–Crippen LogP) is 2.00. The quantitative estimate of drug-likeness (QED) is 0.426. The standard InChI is InChI=1S/C9H5F3O2/c10-8(14)9(11,12)7(13)6-4-2-1-3-5-6/h1-5H. The van der Waals surface area contributed by atoms with Gasteiger partial charge in [0.15, 0.2) is 0 Å². The molecule has 0 aliphatic carbocycles. The van der Waals surface area contributed by atoms with Crippen molar-refractivity contribution in [3.05, 3.63) is 35.9 Å². The number of hydrogen-bond donors (Lipinski definition) is 0. The molecule has 0 aliphatic rings. The molecule has 5 heteroatoms. The Morgan fingerprint density at radius 1 is 1.07 bits per heavy atom. The third kappa shape index (κ3) is 1.81. The van der Waals surface area contributed by atoms with Crippen molar-refractivity contribution < 1.29 is 22.8 Å². The average molecular weight is 202 g/mol. The molecule has 0 fully saturated rings. The highest BCUT2D eigenvalue weighted by atomic mass is 19.3. The van der Waals surface area contributed by atoms with Crippen molar-refractivity contribution in [3.63, 3.8) is 0 Å². The molecule has 0 heterocycles. The van der Waals surface area contributed by atoms with E-state index >= 15 is 0 Å². The first-order valence-corrected chi connectivity index (χ1v) is 3.64. The lowest BCUT2D eigenvalue weighted by Crippen LogP contribution is -2.35. The van der Waals surface area contributed by atoms with Crippen molar-refractivity contribution in [1.82, 2.24) is 0 Å². The van der Waals surface area contributed by atoms with E-state index < -0.39 is 23.3 Å². The zero-order chi connectivity index (χ0) is 10.8. The van der Waals surface area contributed by atoms with Gasteiger partial charge in [0.2, 0.25) is 5.78 Å². The van der Waals surface area contributed by atoms with Crippen LogP contribution in [-0.2, 0) is 4.79 Å². The Balaban J connectivity index is 3.03. The summed E-state index contributed by atoms with van der Waals surface area (Å²) in [5, 5.41) is 0. The molecular formula is C9H5F3O2. The van der Waals surface area contributed by atoms with E-state index in [2.05, 4.69) is 0 Å². The van der Waals surface area contributed by atoms with E-state index in [-0.39, 0.29) is 0 Å². The molecule has 14 heavy (non-hydrogen) atoms. The molecular weight excluding hydrogens is 197 g/mol. The van der Waals surface area contributed by atoms with E-state index in [1.54, 1.807) is 0 Å². The Morgan fingerprint density at radius 3 is 2.00 bits per heavy atom. The zero-order valence-electron chi connectivity index (χ0n) is 6.84. The maximum atomic E-state index is 12.6. The van der Waals surface area contributed by atoms with Gasteiger partial charge < -0.3 is 0 Å².